The van der Waals surface area contributed by atoms with Crippen molar-refractivity contribution in [1.29, 1.82) is 0 Å². The van der Waals surface area contributed by atoms with Crippen molar-refractivity contribution in [3.63, 3.8) is 0 Å². The third-order valence-corrected chi connectivity index (χ3v) is 3.38. The number of nitrogens with zero attached hydrogens (tertiary/aromatic N) is 2. The van der Waals surface area contributed by atoms with E-state index < -0.39 is 0 Å². The highest BCUT2D eigenvalue weighted by atomic mass is 15.1. The van der Waals surface area contributed by atoms with Gasteiger partial charge >= 0.3 is 0 Å². The SMILES string of the molecule is CC(C)=CCN1CCC(Nc2cccnc2)CC1. The summed E-state index contributed by atoms with van der Waals surface area (Å²) in [7, 11) is 0. The van der Waals surface area contributed by atoms with Crippen LogP contribution in [0.25, 0.3) is 0 Å². The monoisotopic (exact) mass is 245 g/mol. The molecule has 3 heteroatoms. The van der Waals surface area contributed by atoms with Crippen LogP contribution in [0.4, 0.5) is 5.69 Å². The van der Waals surface area contributed by atoms with Crippen LogP contribution in [0.5, 0.6) is 0 Å². The van der Waals surface area contributed by atoms with E-state index in [1.54, 1.807) is 0 Å². The fraction of sp³-hybridized carbons (Fsp3) is 0.533. The van der Waals surface area contributed by atoms with E-state index in [0.717, 1.165) is 12.2 Å². The summed E-state index contributed by atoms with van der Waals surface area (Å²) in [6.07, 6.45) is 8.45. The molecule has 1 aliphatic rings. The van der Waals surface area contributed by atoms with Crippen molar-refractivity contribution in [1.82, 2.24) is 9.88 Å². The number of pyridine rings is 1. The second kappa shape index (κ2) is 6.55. The normalized spacial score (nSPS) is 17.4. The average Bonchev–Trinajstić information content (AvgIpc) is 2.39. The Bertz CT molecular complexity index is 374. The van der Waals surface area contributed by atoms with Crippen molar-refractivity contribution >= 4 is 5.69 Å². The van der Waals surface area contributed by atoms with Crippen LogP contribution in [0.3, 0.4) is 0 Å². The Morgan fingerprint density at radius 1 is 1.44 bits per heavy atom. The van der Waals surface area contributed by atoms with Crippen molar-refractivity contribution in [2.45, 2.75) is 32.7 Å². The zero-order valence-electron chi connectivity index (χ0n) is 11.4. The Morgan fingerprint density at radius 3 is 2.83 bits per heavy atom. The van der Waals surface area contributed by atoms with Gasteiger partial charge in [0.2, 0.25) is 0 Å². The molecule has 0 unspecified atom stereocenters. The molecule has 2 rings (SSSR count). The second-order valence-electron chi connectivity index (χ2n) is 5.24. The highest BCUT2D eigenvalue weighted by Crippen LogP contribution is 2.15. The Hall–Kier alpha value is -1.35. The molecule has 3 nitrogen and oxygen atoms in total. The largest absolute Gasteiger partial charge is 0.381 e. The highest BCUT2D eigenvalue weighted by Gasteiger charge is 2.17. The fourth-order valence-corrected chi connectivity index (χ4v) is 2.26. The van der Waals surface area contributed by atoms with Gasteiger partial charge < -0.3 is 5.32 Å². The Labute approximate surface area is 110 Å². The topological polar surface area (TPSA) is 28.2 Å². The first-order chi connectivity index (χ1) is 8.74. The lowest BCUT2D eigenvalue weighted by atomic mass is 10.0. The molecule has 0 spiro atoms. The minimum Gasteiger partial charge on any atom is -0.381 e. The van der Waals surface area contributed by atoms with Crippen molar-refractivity contribution in [3.8, 4) is 0 Å². The van der Waals surface area contributed by atoms with E-state index in [9.17, 15) is 0 Å². The molecule has 18 heavy (non-hydrogen) atoms. The lowest BCUT2D eigenvalue weighted by molar-refractivity contribution is 0.240. The van der Waals surface area contributed by atoms with Crippen LogP contribution in [0.15, 0.2) is 36.2 Å². The summed E-state index contributed by atoms with van der Waals surface area (Å²) in [6, 6.07) is 4.66. The van der Waals surface area contributed by atoms with Gasteiger partial charge in [0.25, 0.3) is 0 Å². The lowest BCUT2D eigenvalue weighted by Crippen LogP contribution is -2.39. The molecule has 0 radical (unpaired) electrons. The van der Waals surface area contributed by atoms with Crippen molar-refractivity contribution in [3.05, 3.63) is 36.2 Å². The van der Waals surface area contributed by atoms with Gasteiger partial charge in [0, 0.05) is 38.1 Å². The van der Waals surface area contributed by atoms with Crippen molar-refractivity contribution in [2.75, 3.05) is 25.0 Å². The minimum atomic E-state index is 0.595. The van der Waals surface area contributed by atoms with Gasteiger partial charge in [-0.25, -0.2) is 0 Å². The molecule has 1 N–H and O–H groups in total. The predicted octanol–water partition coefficient (Wildman–Crippen LogP) is 2.92. The number of likely N-dealkylation sites (tertiary alicyclic amines) is 1. The molecule has 1 aromatic rings. The second-order valence-corrected chi connectivity index (χ2v) is 5.24. The molecule has 0 atom stereocenters. The van der Waals surface area contributed by atoms with Crippen LogP contribution in [0.2, 0.25) is 0 Å². The van der Waals surface area contributed by atoms with Crippen LogP contribution in [0.1, 0.15) is 26.7 Å². The van der Waals surface area contributed by atoms with Crippen LogP contribution >= 0.6 is 0 Å². The van der Waals surface area contributed by atoms with E-state index in [4.69, 9.17) is 0 Å². The maximum absolute atomic E-state index is 4.13. The zero-order chi connectivity index (χ0) is 12.8. The van der Waals surface area contributed by atoms with Crippen molar-refractivity contribution < 1.29 is 0 Å². The summed E-state index contributed by atoms with van der Waals surface area (Å²) in [4.78, 5) is 6.66. The first kappa shape index (κ1) is 13.1. The summed E-state index contributed by atoms with van der Waals surface area (Å²) in [6.45, 7) is 7.79. The van der Waals surface area contributed by atoms with Gasteiger partial charge in [-0.1, -0.05) is 11.6 Å². The summed E-state index contributed by atoms with van der Waals surface area (Å²) in [5, 5.41) is 3.56. The quantitative estimate of drug-likeness (QED) is 0.827. The maximum atomic E-state index is 4.13. The molecule has 1 aliphatic heterocycles. The molecule has 0 bridgehead atoms. The molecule has 1 aromatic heterocycles. The van der Waals surface area contributed by atoms with Gasteiger partial charge in [-0.2, -0.15) is 0 Å². The number of rotatable bonds is 4. The lowest BCUT2D eigenvalue weighted by Gasteiger charge is -2.32. The van der Waals surface area contributed by atoms with Crippen LogP contribution in [-0.2, 0) is 0 Å². The molecule has 0 saturated carbocycles. The summed E-state index contributed by atoms with van der Waals surface area (Å²) >= 11 is 0. The Balaban J connectivity index is 1.75. The minimum absolute atomic E-state index is 0.595. The Morgan fingerprint density at radius 2 is 2.22 bits per heavy atom. The van der Waals surface area contributed by atoms with E-state index in [-0.39, 0.29) is 0 Å². The summed E-state index contributed by atoms with van der Waals surface area (Å²) < 4.78 is 0. The fourth-order valence-electron chi connectivity index (χ4n) is 2.26. The Kier molecular flexibility index (Phi) is 4.76. The van der Waals surface area contributed by atoms with Gasteiger partial charge in [-0.3, -0.25) is 9.88 Å². The molecule has 0 aliphatic carbocycles. The molecular weight excluding hydrogens is 222 g/mol. The molecule has 1 fully saturated rings. The third kappa shape index (κ3) is 4.15. The van der Waals surface area contributed by atoms with Crippen molar-refractivity contribution in [2.24, 2.45) is 0 Å². The predicted molar refractivity (Wildman–Crippen MR) is 76.8 cm³/mol. The third-order valence-electron chi connectivity index (χ3n) is 3.38. The zero-order valence-corrected chi connectivity index (χ0v) is 11.4. The number of anilines is 1. The van der Waals surface area contributed by atoms with E-state index in [0.29, 0.717) is 6.04 Å². The van der Waals surface area contributed by atoms with E-state index in [2.05, 4.69) is 41.2 Å². The first-order valence-electron chi connectivity index (χ1n) is 6.76. The van der Waals surface area contributed by atoms with E-state index in [1.807, 2.05) is 18.5 Å². The molecule has 98 valence electrons. The molecule has 0 aromatic carbocycles. The molecular formula is C15H23N3. The number of piperidine rings is 1. The molecule has 1 saturated heterocycles. The molecule has 0 amide bonds. The summed E-state index contributed by atoms with van der Waals surface area (Å²) in [5.74, 6) is 0. The van der Waals surface area contributed by atoms with E-state index in [1.165, 1.54) is 31.5 Å². The summed E-state index contributed by atoms with van der Waals surface area (Å²) in [5.41, 5.74) is 2.55. The smallest absolute Gasteiger partial charge is 0.0528 e. The van der Waals surface area contributed by atoms with Gasteiger partial charge in [-0.05, 0) is 38.8 Å². The average molecular weight is 245 g/mol. The number of aromatic nitrogens is 1. The number of allylic oxidation sites excluding steroid dienone is 1. The van der Waals surface area contributed by atoms with E-state index >= 15 is 0 Å². The van der Waals surface area contributed by atoms with Crippen LogP contribution in [-0.4, -0.2) is 35.6 Å². The maximum Gasteiger partial charge on any atom is 0.0528 e. The highest BCUT2D eigenvalue weighted by molar-refractivity contribution is 5.40. The number of nitrogens with one attached hydrogen (secondary N) is 1. The van der Waals surface area contributed by atoms with Gasteiger partial charge in [0.1, 0.15) is 0 Å². The van der Waals surface area contributed by atoms with Crippen LogP contribution in [0, 0.1) is 0 Å². The standard InChI is InChI=1S/C15H23N3/c1-13(2)5-9-18-10-6-14(7-11-18)17-15-4-3-8-16-12-15/h3-5,8,12,14,17H,6-7,9-11H2,1-2H3. The van der Waals surface area contributed by atoms with Gasteiger partial charge in [0.15, 0.2) is 0 Å². The van der Waals surface area contributed by atoms with Crippen LogP contribution < -0.4 is 5.32 Å². The number of hydrogen-bond donors (Lipinski definition) is 1. The number of hydrogen-bond acceptors (Lipinski definition) is 3. The van der Waals surface area contributed by atoms with Gasteiger partial charge in [0.05, 0.1) is 5.69 Å². The first-order valence-corrected chi connectivity index (χ1v) is 6.76. The van der Waals surface area contributed by atoms with Gasteiger partial charge in [-0.15, -0.1) is 0 Å². The molecule has 2 heterocycles.